The van der Waals surface area contributed by atoms with E-state index in [0.717, 1.165) is 11.3 Å². The molecule has 0 fully saturated rings. The number of methoxy groups -OCH3 is 1. The van der Waals surface area contributed by atoms with Gasteiger partial charge in [-0.15, -0.1) is 12.8 Å². The van der Waals surface area contributed by atoms with E-state index in [9.17, 15) is 14.3 Å². The van der Waals surface area contributed by atoms with Crippen molar-refractivity contribution in [2.24, 2.45) is 0 Å². The number of amides is 1. The molecule has 2 aromatic rings. The highest BCUT2D eigenvalue weighted by Gasteiger charge is 2.17. The zero-order chi connectivity index (χ0) is 23.2. The largest absolute Gasteiger partial charge is 0.497 e. The molecule has 0 unspecified atom stereocenters. The summed E-state index contributed by atoms with van der Waals surface area (Å²) in [5, 5.41) is 15.8. The van der Waals surface area contributed by atoms with E-state index >= 15 is 0 Å². The Morgan fingerprint density at radius 3 is 2.58 bits per heavy atom. The second-order valence-electron chi connectivity index (χ2n) is 6.52. The van der Waals surface area contributed by atoms with E-state index < -0.39 is 11.9 Å². The first kappa shape index (κ1) is 26.8. The SMILES string of the molecule is C#C.COc1ccc([C@H](C)NC(=O)c2cc(F)ccc2CC[C@@H](O)CC#CSI)cc1. The van der Waals surface area contributed by atoms with Crippen LogP contribution in [0.25, 0.3) is 0 Å². The first-order valence-corrected chi connectivity index (χ1v) is 12.8. The maximum Gasteiger partial charge on any atom is 0.252 e. The molecule has 0 bridgehead atoms. The summed E-state index contributed by atoms with van der Waals surface area (Å²) in [6, 6.07) is 11.3. The number of terminal acetylenes is 1. The first-order valence-electron chi connectivity index (χ1n) is 9.44. The molecule has 0 radical (unpaired) electrons. The van der Waals surface area contributed by atoms with E-state index in [2.05, 4.69) is 50.5 Å². The van der Waals surface area contributed by atoms with Gasteiger partial charge in [0.1, 0.15) is 11.6 Å². The molecule has 0 aliphatic rings. The molecule has 31 heavy (non-hydrogen) atoms. The van der Waals surface area contributed by atoms with Gasteiger partial charge in [-0.25, -0.2) is 4.39 Å². The van der Waals surface area contributed by atoms with Crippen LogP contribution in [0.15, 0.2) is 42.5 Å². The van der Waals surface area contributed by atoms with Crippen LogP contribution in [0.3, 0.4) is 0 Å². The second kappa shape index (κ2) is 14.7. The fourth-order valence-electron chi connectivity index (χ4n) is 2.84. The second-order valence-corrected chi connectivity index (χ2v) is 8.20. The van der Waals surface area contributed by atoms with Crippen molar-refractivity contribution in [2.45, 2.75) is 38.3 Å². The number of aliphatic hydroxyl groups excluding tert-OH is 1. The fourth-order valence-corrected chi connectivity index (χ4v) is 3.44. The fraction of sp³-hybridized carbons (Fsp3) is 0.292. The van der Waals surface area contributed by atoms with Gasteiger partial charge in [0.25, 0.3) is 5.91 Å². The maximum atomic E-state index is 13.8. The number of rotatable bonds is 8. The van der Waals surface area contributed by atoms with E-state index in [1.54, 1.807) is 13.2 Å². The minimum atomic E-state index is -0.592. The highest BCUT2D eigenvalue weighted by Crippen LogP contribution is 2.20. The Morgan fingerprint density at radius 1 is 1.29 bits per heavy atom. The van der Waals surface area contributed by atoms with Crippen LogP contribution in [0.4, 0.5) is 4.39 Å². The van der Waals surface area contributed by atoms with E-state index in [1.165, 1.54) is 21.1 Å². The quantitative estimate of drug-likeness (QED) is 0.344. The van der Waals surface area contributed by atoms with Gasteiger partial charge in [-0.05, 0) is 69.3 Å². The summed E-state index contributed by atoms with van der Waals surface area (Å²) in [5.41, 5.74) is 1.90. The van der Waals surface area contributed by atoms with E-state index in [4.69, 9.17) is 4.74 Å². The topological polar surface area (TPSA) is 58.6 Å². The standard InChI is InChI=1S/C22H23FINO3S.C2H2/c1-15(16-7-11-20(28-2)12-8-16)25-22(27)21-14-18(23)9-5-17(21)6-10-19(26)4-3-13-29-24;1-2/h5,7-9,11-12,14-15,19,26H,4,6,10H2,1-2H3,(H,25,27);1-2H/t15-,19-;/m0./s1. The summed E-state index contributed by atoms with van der Waals surface area (Å²) in [5.74, 6) is 2.79. The monoisotopic (exact) mass is 553 g/mol. The summed E-state index contributed by atoms with van der Waals surface area (Å²) in [7, 11) is 2.96. The van der Waals surface area contributed by atoms with Crippen molar-refractivity contribution < 1.29 is 19.0 Å². The lowest BCUT2D eigenvalue weighted by atomic mass is 9.99. The third kappa shape index (κ3) is 9.22. The zero-order valence-electron chi connectivity index (χ0n) is 17.4. The molecule has 1 amide bonds. The van der Waals surface area contributed by atoms with Crippen molar-refractivity contribution in [3.63, 3.8) is 0 Å². The van der Waals surface area contributed by atoms with Gasteiger partial charge < -0.3 is 15.2 Å². The summed E-state index contributed by atoms with van der Waals surface area (Å²) >= 11 is 2.07. The molecule has 2 N–H and O–H groups in total. The third-order valence-corrected chi connectivity index (χ3v) is 5.36. The molecular formula is C24H25FINO3S. The van der Waals surface area contributed by atoms with Gasteiger partial charge in [0, 0.05) is 33.2 Å². The number of halogens is 2. The van der Waals surface area contributed by atoms with Crippen molar-refractivity contribution in [3.05, 3.63) is 65.0 Å². The Kier molecular flexibility index (Phi) is 12.8. The molecule has 0 saturated carbocycles. The van der Waals surface area contributed by atoms with Gasteiger partial charge in [0.15, 0.2) is 0 Å². The molecule has 7 heteroatoms. The highest BCUT2D eigenvalue weighted by molar-refractivity contribution is 14.2. The minimum Gasteiger partial charge on any atom is -0.497 e. The highest BCUT2D eigenvalue weighted by atomic mass is 127. The predicted octanol–water partition coefficient (Wildman–Crippen LogP) is 5.30. The van der Waals surface area contributed by atoms with Crippen LogP contribution in [0.1, 0.15) is 47.3 Å². The molecule has 0 aliphatic heterocycles. The van der Waals surface area contributed by atoms with E-state index in [1.807, 2.05) is 31.2 Å². The van der Waals surface area contributed by atoms with Crippen LogP contribution in [0.5, 0.6) is 5.75 Å². The number of nitrogens with one attached hydrogen (secondary N) is 1. The van der Waals surface area contributed by atoms with E-state index in [-0.39, 0.29) is 17.5 Å². The molecule has 0 saturated heterocycles. The molecule has 4 nitrogen and oxygen atoms in total. The van der Waals surface area contributed by atoms with E-state index in [0.29, 0.717) is 24.8 Å². The summed E-state index contributed by atoms with van der Waals surface area (Å²) in [4.78, 5) is 12.8. The molecule has 0 aromatic heterocycles. The van der Waals surface area contributed by atoms with Gasteiger partial charge >= 0.3 is 0 Å². The van der Waals surface area contributed by atoms with Gasteiger partial charge in [-0.2, -0.15) is 0 Å². The van der Waals surface area contributed by atoms with Crippen LogP contribution in [0, 0.1) is 29.8 Å². The van der Waals surface area contributed by atoms with Crippen LogP contribution in [-0.2, 0) is 6.42 Å². The Balaban J connectivity index is 0.00000233. The Bertz CT molecular complexity index is 922. The molecule has 2 atom stereocenters. The van der Waals surface area contributed by atoms with Crippen LogP contribution >= 0.6 is 30.1 Å². The lowest BCUT2D eigenvalue weighted by Crippen LogP contribution is -2.27. The smallest absolute Gasteiger partial charge is 0.252 e. The maximum absolute atomic E-state index is 13.8. The van der Waals surface area contributed by atoms with Crippen LogP contribution in [-0.4, -0.2) is 24.2 Å². The molecule has 0 spiro atoms. The van der Waals surface area contributed by atoms with Crippen molar-refractivity contribution in [1.82, 2.24) is 5.32 Å². The lowest BCUT2D eigenvalue weighted by molar-refractivity contribution is 0.0937. The van der Waals surface area contributed by atoms with Crippen LogP contribution < -0.4 is 10.1 Å². The average Bonchev–Trinajstić information content (AvgIpc) is 2.79. The van der Waals surface area contributed by atoms with Gasteiger partial charge in [0.05, 0.1) is 19.3 Å². The van der Waals surface area contributed by atoms with Crippen LogP contribution in [0.2, 0.25) is 0 Å². The van der Waals surface area contributed by atoms with Gasteiger partial charge in [0.2, 0.25) is 0 Å². The van der Waals surface area contributed by atoms with Gasteiger partial charge in [-0.1, -0.05) is 24.1 Å². The lowest BCUT2D eigenvalue weighted by Gasteiger charge is -2.17. The normalized spacial score (nSPS) is 11.7. The van der Waals surface area contributed by atoms with Gasteiger partial charge in [-0.3, -0.25) is 4.79 Å². The molecule has 2 aromatic carbocycles. The minimum absolute atomic E-state index is 0.254. The third-order valence-electron chi connectivity index (χ3n) is 4.48. The Morgan fingerprint density at radius 2 is 1.97 bits per heavy atom. The number of aliphatic hydroxyl groups is 1. The van der Waals surface area contributed by atoms with Crippen molar-refractivity contribution in [3.8, 4) is 29.8 Å². The molecular weight excluding hydrogens is 528 g/mol. The van der Waals surface area contributed by atoms with Crippen molar-refractivity contribution in [2.75, 3.05) is 7.11 Å². The number of hydrogen-bond acceptors (Lipinski definition) is 4. The van der Waals surface area contributed by atoms with Crippen molar-refractivity contribution >= 4 is 36.0 Å². The molecule has 164 valence electrons. The summed E-state index contributed by atoms with van der Waals surface area (Å²) in [6.07, 6.45) is 8.68. The number of carbonyl (C=O) groups excluding carboxylic acids is 1. The number of ether oxygens (including phenoxy) is 1. The first-order chi connectivity index (χ1) is 14.9. The Hall–Kier alpha value is -2.20. The molecule has 2 rings (SSSR count). The number of carbonyl (C=O) groups is 1. The number of hydrogen-bond donors (Lipinski definition) is 2. The number of aryl methyl sites for hydroxylation is 1. The molecule has 0 heterocycles. The Labute approximate surface area is 199 Å². The number of benzene rings is 2. The molecule has 0 aliphatic carbocycles. The average molecular weight is 553 g/mol. The summed E-state index contributed by atoms with van der Waals surface area (Å²) < 4.78 is 18.9. The summed E-state index contributed by atoms with van der Waals surface area (Å²) in [6.45, 7) is 1.87. The zero-order valence-corrected chi connectivity index (χ0v) is 20.4. The predicted molar refractivity (Wildman–Crippen MR) is 133 cm³/mol. The van der Waals surface area contributed by atoms with Crippen molar-refractivity contribution in [1.29, 1.82) is 0 Å².